The van der Waals surface area contributed by atoms with E-state index < -0.39 is 0 Å². The molecule has 0 unspecified atom stereocenters. The van der Waals surface area contributed by atoms with Gasteiger partial charge >= 0.3 is 0 Å². The van der Waals surface area contributed by atoms with Crippen molar-refractivity contribution in [1.82, 2.24) is 15.0 Å². The molecule has 2 aromatic rings. The second-order valence-corrected chi connectivity index (χ2v) is 5.51. The van der Waals surface area contributed by atoms with Crippen molar-refractivity contribution >= 4 is 5.82 Å². The fourth-order valence-corrected chi connectivity index (χ4v) is 1.59. The molecule has 0 aliphatic rings. The van der Waals surface area contributed by atoms with Crippen LogP contribution in [0, 0.1) is 6.92 Å². The van der Waals surface area contributed by atoms with E-state index in [2.05, 4.69) is 20.4 Å². The number of nitrogens with zero attached hydrogens (tertiary/aromatic N) is 3. The molecule has 3 N–H and O–H groups in total. The molecule has 0 fully saturated rings. The summed E-state index contributed by atoms with van der Waals surface area (Å²) in [5.41, 5.74) is 3.14. The fraction of sp³-hybridized carbons (Fsp3) is 0.357. The van der Waals surface area contributed by atoms with Crippen LogP contribution in [0.15, 0.2) is 24.5 Å². The van der Waals surface area contributed by atoms with E-state index in [1.54, 1.807) is 18.5 Å². The minimum Gasteiger partial charge on any atom is -0.437 e. The summed E-state index contributed by atoms with van der Waals surface area (Å²) in [6, 6.07) is 3.62. The molecule has 0 aromatic carbocycles. The van der Waals surface area contributed by atoms with Gasteiger partial charge in [-0.3, -0.25) is 4.98 Å². The van der Waals surface area contributed by atoms with E-state index in [0.717, 1.165) is 5.56 Å². The number of nitrogens with one attached hydrogen (secondary N) is 1. The van der Waals surface area contributed by atoms with E-state index in [9.17, 15) is 0 Å². The third-order valence-corrected chi connectivity index (χ3v) is 2.76. The zero-order chi connectivity index (χ0) is 14.8. The van der Waals surface area contributed by atoms with Crippen LogP contribution >= 0.6 is 0 Å². The highest BCUT2D eigenvalue weighted by Crippen LogP contribution is 2.29. The van der Waals surface area contributed by atoms with Crippen molar-refractivity contribution in [2.75, 3.05) is 5.43 Å². The van der Waals surface area contributed by atoms with Crippen molar-refractivity contribution in [2.45, 2.75) is 33.1 Å². The molecule has 0 aliphatic heterocycles. The summed E-state index contributed by atoms with van der Waals surface area (Å²) in [4.78, 5) is 12.9. The summed E-state index contributed by atoms with van der Waals surface area (Å²) in [7, 11) is 0. The third-order valence-electron chi connectivity index (χ3n) is 2.76. The van der Waals surface area contributed by atoms with Crippen molar-refractivity contribution in [3.05, 3.63) is 35.9 Å². The Balaban J connectivity index is 2.46. The Labute approximate surface area is 118 Å². The molecule has 2 aromatic heterocycles. The SMILES string of the molecule is Cc1c(NN)nc(C(C)(C)C)nc1Oc1cccnc1. The topological polar surface area (TPSA) is 86.0 Å². The van der Waals surface area contributed by atoms with E-state index in [4.69, 9.17) is 10.6 Å². The van der Waals surface area contributed by atoms with Crippen LogP contribution in [0.1, 0.15) is 32.2 Å². The van der Waals surface area contributed by atoms with Crippen LogP contribution in [-0.2, 0) is 5.41 Å². The van der Waals surface area contributed by atoms with Gasteiger partial charge in [0.15, 0.2) is 5.82 Å². The highest BCUT2D eigenvalue weighted by molar-refractivity contribution is 5.49. The van der Waals surface area contributed by atoms with Crippen molar-refractivity contribution in [3.63, 3.8) is 0 Å². The number of nitrogens with two attached hydrogens (primary N) is 1. The Hall–Kier alpha value is -2.21. The van der Waals surface area contributed by atoms with E-state index in [1.165, 1.54) is 0 Å². The van der Waals surface area contributed by atoms with Gasteiger partial charge in [0.2, 0.25) is 5.88 Å². The van der Waals surface area contributed by atoms with Crippen LogP contribution in [0.2, 0.25) is 0 Å². The molecule has 2 rings (SSSR count). The zero-order valence-corrected chi connectivity index (χ0v) is 12.1. The van der Waals surface area contributed by atoms with Crippen LogP contribution < -0.4 is 16.0 Å². The van der Waals surface area contributed by atoms with Crippen LogP contribution in [-0.4, -0.2) is 15.0 Å². The van der Waals surface area contributed by atoms with Gasteiger partial charge in [0.05, 0.1) is 11.8 Å². The number of nitrogen functional groups attached to an aromatic ring is 1. The number of pyridine rings is 1. The monoisotopic (exact) mass is 273 g/mol. The zero-order valence-electron chi connectivity index (χ0n) is 12.1. The molecular formula is C14H19N5O. The smallest absolute Gasteiger partial charge is 0.227 e. The Kier molecular flexibility index (Phi) is 3.85. The maximum atomic E-state index is 5.78. The normalized spacial score (nSPS) is 11.2. The number of hydrazine groups is 1. The summed E-state index contributed by atoms with van der Waals surface area (Å²) in [6.07, 6.45) is 3.32. The Morgan fingerprint density at radius 3 is 2.55 bits per heavy atom. The van der Waals surface area contributed by atoms with Gasteiger partial charge in [0, 0.05) is 11.6 Å². The Morgan fingerprint density at radius 2 is 2.00 bits per heavy atom. The average Bonchev–Trinajstić information content (AvgIpc) is 2.41. The highest BCUT2D eigenvalue weighted by Gasteiger charge is 2.21. The van der Waals surface area contributed by atoms with Crippen LogP contribution in [0.3, 0.4) is 0 Å². The Bertz CT molecular complexity index is 593. The first-order valence-electron chi connectivity index (χ1n) is 6.35. The number of hydrogen-bond acceptors (Lipinski definition) is 6. The van der Waals surface area contributed by atoms with E-state index in [-0.39, 0.29) is 5.41 Å². The lowest BCUT2D eigenvalue weighted by Gasteiger charge is -2.20. The van der Waals surface area contributed by atoms with E-state index in [1.807, 2.05) is 33.8 Å². The van der Waals surface area contributed by atoms with Crippen molar-refractivity contribution < 1.29 is 4.74 Å². The van der Waals surface area contributed by atoms with Gasteiger partial charge in [-0.1, -0.05) is 20.8 Å². The highest BCUT2D eigenvalue weighted by atomic mass is 16.5. The second-order valence-electron chi connectivity index (χ2n) is 5.51. The van der Waals surface area contributed by atoms with Gasteiger partial charge in [0.1, 0.15) is 11.6 Å². The van der Waals surface area contributed by atoms with Gasteiger partial charge in [-0.15, -0.1) is 0 Å². The van der Waals surface area contributed by atoms with Gasteiger partial charge in [-0.25, -0.2) is 10.8 Å². The lowest BCUT2D eigenvalue weighted by atomic mass is 9.95. The summed E-state index contributed by atoms with van der Waals surface area (Å²) >= 11 is 0. The standard InChI is InChI=1S/C14H19N5O/c1-9-11(19-15)17-13(14(2,3)4)18-12(9)20-10-6-5-7-16-8-10/h5-8H,15H2,1-4H3,(H,17,18,19). The predicted molar refractivity (Wildman–Crippen MR) is 77.6 cm³/mol. The maximum absolute atomic E-state index is 5.78. The maximum Gasteiger partial charge on any atom is 0.227 e. The molecule has 106 valence electrons. The van der Waals surface area contributed by atoms with Crippen molar-refractivity contribution in [2.24, 2.45) is 5.84 Å². The van der Waals surface area contributed by atoms with Crippen molar-refractivity contribution in [3.8, 4) is 11.6 Å². The number of ether oxygens (including phenoxy) is 1. The Morgan fingerprint density at radius 1 is 1.25 bits per heavy atom. The number of rotatable bonds is 3. The molecule has 20 heavy (non-hydrogen) atoms. The minimum atomic E-state index is -0.202. The predicted octanol–water partition coefficient (Wildman–Crippen LogP) is 2.56. The van der Waals surface area contributed by atoms with Gasteiger partial charge in [-0.05, 0) is 19.1 Å². The quantitative estimate of drug-likeness (QED) is 0.660. The first-order chi connectivity index (χ1) is 9.41. The molecule has 6 nitrogen and oxygen atoms in total. The summed E-state index contributed by atoms with van der Waals surface area (Å²) < 4.78 is 5.78. The van der Waals surface area contributed by atoms with Crippen LogP contribution in [0.25, 0.3) is 0 Å². The molecule has 0 spiro atoms. The molecule has 0 bridgehead atoms. The average molecular weight is 273 g/mol. The van der Waals surface area contributed by atoms with E-state index >= 15 is 0 Å². The second kappa shape index (κ2) is 5.42. The summed E-state index contributed by atoms with van der Waals surface area (Å²) in [6.45, 7) is 7.96. The van der Waals surface area contributed by atoms with Crippen LogP contribution in [0.4, 0.5) is 5.82 Å². The lowest BCUT2D eigenvalue weighted by molar-refractivity contribution is 0.441. The third kappa shape index (κ3) is 3.03. The number of aromatic nitrogens is 3. The van der Waals surface area contributed by atoms with Gasteiger partial charge < -0.3 is 10.2 Å². The molecular weight excluding hydrogens is 254 g/mol. The largest absolute Gasteiger partial charge is 0.437 e. The molecule has 0 saturated heterocycles. The molecule has 6 heteroatoms. The summed E-state index contributed by atoms with van der Waals surface area (Å²) in [5.74, 6) is 7.84. The summed E-state index contributed by atoms with van der Waals surface area (Å²) in [5, 5.41) is 0. The number of anilines is 1. The molecule has 0 saturated carbocycles. The lowest BCUT2D eigenvalue weighted by Crippen LogP contribution is -2.20. The first-order valence-corrected chi connectivity index (χ1v) is 6.35. The molecule has 0 atom stereocenters. The van der Waals surface area contributed by atoms with Crippen molar-refractivity contribution in [1.29, 1.82) is 0 Å². The molecule has 0 radical (unpaired) electrons. The number of hydrogen-bond donors (Lipinski definition) is 2. The molecule has 0 aliphatic carbocycles. The van der Waals surface area contributed by atoms with Crippen LogP contribution in [0.5, 0.6) is 11.6 Å². The van der Waals surface area contributed by atoms with Gasteiger partial charge in [-0.2, -0.15) is 4.98 Å². The van der Waals surface area contributed by atoms with Gasteiger partial charge in [0.25, 0.3) is 0 Å². The molecule has 0 amide bonds. The fourth-order valence-electron chi connectivity index (χ4n) is 1.59. The minimum absolute atomic E-state index is 0.202. The first kappa shape index (κ1) is 14.2. The van der Waals surface area contributed by atoms with E-state index in [0.29, 0.717) is 23.3 Å². The molecule has 2 heterocycles.